The number of hydrogen-bond donors (Lipinski definition) is 2. The summed E-state index contributed by atoms with van der Waals surface area (Å²) < 4.78 is 18.8. The zero-order valence-electron chi connectivity index (χ0n) is 11.3. The lowest BCUT2D eigenvalue weighted by molar-refractivity contribution is 0.0943. The maximum absolute atomic E-state index is 13.8. The number of carbonyl (C=O) groups excluding carboxylic acids is 1. The van der Waals surface area contributed by atoms with Gasteiger partial charge in [0.05, 0.1) is 17.8 Å². The van der Waals surface area contributed by atoms with Crippen LogP contribution in [-0.4, -0.2) is 22.8 Å². The molecule has 2 aromatic rings. The molecule has 2 N–H and O–H groups in total. The molecule has 0 aliphatic carbocycles. The molecular formula is C15H13FN2O3. The zero-order chi connectivity index (χ0) is 15.2. The van der Waals surface area contributed by atoms with Gasteiger partial charge in [0.25, 0.3) is 5.91 Å². The summed E-state index contributed by atoms with van der Waals surface area (Å²) in [6.07, 6.45) is 0. The molecule has 0 saturated heterocycles. The number of aromatic nitrogens is 1. The average Bonchev–Trinajstić information content (AvgIpc) is 2.88. The summed E-state index contributed by atoms with van der Waals surface area (Å²) in [5.74, 6) is 4.24. The summed E-state index contributed by atoms with van der Waals surface area (Å²) in [4.78, 5) is 11.9. The predicted octanol–water partition coefficient (Wildman–Crippen LogP) is 1.40. The Bertz CT molecular complexity index is 713. The molecule has 6 heteroatoms. The maximum Gasteiger partial charge on any atom is 0.254 e. The third-order valence-electron chi connectivity index (χ3n) is 2.63. The van der Waals surface area contributed by atoms with Crippen molar-refractivity contribution < 1.29 is 18.8 Å². The van der Waals surface area contributed by atoms with E-state index < -0.39 is 11.7 Å². The lowest BCUT2D eigenvalue weighted by Crippen LogP contribution is -2.23. The highest BCUT2D eigenvalue weighted by Gasteiger charge is 2.12. The summed E-state index contributed by atoms with van der Waals surface area (Å²) in [7, 11) is 0. The molecule has 21 heavy (non-hydrogen) atoms. The molecule has 0 atom stereocenters. The molecule has 0 bridgehead atoms. The Morgan fingerprint density at radius 1 is 1.48 bits per heavy atom. The van der Waals surface area contributed by atoms with E-state index in [0.29, 0.717) is 17.0 Å². The molecule has 0 aliphatic rings. The van der Waals surface area contributed by atoms with Gasteiger partial charge in [-0.15, -0.1) is 0 Å². The van der Waals surface area contributed by atoms with Crippen molar-refractivity contribution in [1.29, 1.82) is 0 Å². The monoisotopic (exact) mass is 288 g/mol. The number of nitrogens with zero attached hydrogens (tertiary/aromatic N) is 1. The Morgan fingerprint density at radius 2 is 2.29 bits per heavy atom. The van der Waals surface area contributed by atoms with Crippen molar-refractivity contribution in [2.24, 2.45) is 0 Å². The summed E-state index contributed by atoms with van der Waals surface area (Å²) in [5.41, 5.74) is 1.02. The van der Waals surface area contributed by atoms with Crippen LogP contribution in [0.15, 0.2) is 28.8 Å². The zero-order valence-corrected chi connectivity index (χ0v) is 11.3. The summed E-state index contributed by atoms with van der Waals surface area (Å²) in [5, 5.41) is 14.8. The largest absolute Gasteiger partial charge is 0.384 e. The van der Waals surface area contributed by atoms with Gasteiger partial charge in [-0.2, -0.15) is 0 Å². The SMILES string of the molecule is Cc1cc(CNC(=O)c2ccc(C#CCO)cc2F)on1. The molecule has 2 rings (SSSR count). The average molecular weight is 288 g/mol. The van der Waals surface area contributed by atoms with E-state index in [1.54, 1.807) is 13.0 Å². The molecular weight excluding hydrogens is 275 g/mol. The molecule has 0 aliphatic heterocycles. The smallest absolute Gasteiger partial charge is 0.254 e. The maximum atomic E-state index is 13.8. The van der Waals surface area contributed by atoms with Crippen molar-refractivity contribution in [3.8, 4) is 11.8 Å². The minimum atomic E-state index is -0.675. The van der Waals surface area contributed by atoms with E-state index in [-0.39, 0.29) is 18.7 Å². The molecule has 0 saturated carbocycles. The van der Waals surface area contributed by atoms with E-state index in [1.165, 1.54) is 12.1 Å². The highest BCUT2D eigenvalue weighted by atomic mass is 19.1. The number of nitrogens with one attached hydrogen (secondary N) is 1. The van der Waals surface area contributed by atoms with E-state index in [4.69, 9.17) is 9.63 Å². The third kappa shape index (κ3) is 3.91. The normalized spacial score (nSPS) is 9.86. The summed E-state index contributed by atoms with van der Waals surface area (Å²) in [6, 6.07) is 5.69. The van der Waals surface area contributed by atoms with Gasteiger partial charge in [-0.3, -0.25) is 4.79 Å². The lowest BCUT2D eigenvalue weighted by atomic mass is 10.1. The second-order valence-corrected chi connectivity index (χ2v) is 4.27. The van der Waals surface area contributed by atoms with Crippen LogP contribution in [0.1, 0.15) is 27.4 Å². The van der Waals surface area contributed by atoms with Gasteiger partial charge in [0.2, 0.25) is 0 Å². The minimum Gasteiger partial charge on any atom is -0.384 e. The van der Waals surface area contributed by atoms with Crippen LogP contribution in [0.5, 0.6) is 0 Å². The van der Waals surface area contributed by atoms with Crippen LogP contribution >= 0.6 is 0 Å². The van der Waals surface area contributed by atoms with Crippen LogP contribution < -0.4 is 5.32 Å². The number of aliphatic hydroxyl groups is 1. The first-order chi connectivity index (χ1) is 10.1. The third-order valence-corrected chi connectivity index (χ3v) is 2.63. The predicted molar refractivity (Wildman–Crippen MR) is 72.8 cm³/mol. The van der Waals surface area contributed by atoms with Crippen molar-refractivity contribution in [3.63, 3.8) is 0 Å². The van der Waals surface area contributed by atoms with Crippen molar-refractivity contribution in [2.75, 3.05) is 6.61 Å². The number of hydrogen-bond acceptors (Lipinski definition) is 4. The molecule has 1 heterocycles. The molecule has 1 aromatic heterocycles. The Morgan fingerprint density at radius 3 is 2.90 bits per heavy atom. The van der Waals surface area contributed by atoms with Gasteiger partial charge < -0.3 is 14.9 Å². The molecule has 0 spiro atoms. The van der Waals surface area contributed by atoms with Crippen LogP contribution in [0.2, 0.25) is 0 Å². The van der Waals surface area contributed by atoms with Crippen LogP contribution in [0.4, 0.5) is 4.39 Å². The Hall–Kier alpha value is -2.65. The van der Waals surface area contributed by atoms with Crippen LogP contribution in [0, 0.1) is 24.6 Å². The van der Waals surface area contributed by atoms with E-state index in [0.717, 1.165) is 6.07 Å². The van der Waals surface area contributed by atoms with Gasteiger partial charge in [0.1, 0.15) is 12.4 Å². The van der Waals surface area contributed by atoms with E-state index in [1.807, 2.05) is 0 Å². The number of aryl methyl sites for hydroxylation is 1. The topological polar surface area (TPSA) is 75.4 Å². The fourth-order valence-electron chi connectivity index (χ4n) is 1.68. The first-order valence-electron chi connectivity index (χ1n) is 6.20. The molecule has 0 fully saturated rings. The molecule has 0 unspecified atom stereocenters. The van der Waals surface area contributed by atoms with Crippen LogP contribution in [0.3, 0.4) is 0 Å². The Balaban J connectivity index is 2.05. The van der Waals surface area contributed by atoms with Gasteiger partial charge in [-0.25, -0.2) is 4.39 Å². The molecule has 108 valence electrons. The number of halogens is 1. The van der Waals surface area contributed by atoms with Gasteiger partial charge in [-0.1, -0.05) is 17.0 Å². The first kappa shape index (κ1) is 14.8. The number of amides is 1. The molecule has 1 aromatic carbocycles. The lowest BCUT2D eigenvalue weighted by Gasteiger charge is -2.04. The van der Waals surface area contributed by atoms with Crippen molar-refractivity contribution in [1.82, 2.24) is 10.5 Å². The second-order valence-electron chi connectivity index (χ2n) is 4.27. The van der Waals surface area contributed by atoms with Crippen LogP contribution in [-0.2, 0) is 6.54 Å². The van der Waals surface area contributed by atoms with Gasteiger partial charge in [0, 0.05) is 11.6 Å². The second kappa shape index (κ2) is 6.68. The molecule has 0 radical (unpaired) electrons. The molecule has 1 amide bonds. The van der Waals surface area contributed by atoms with Crippen molar-refractivity contribution >= 4 is 5.91 Å². The van der Waals surface area contributed by atoms with Crippen molar-refractivity contribution in [3.05, 3.63) is 52.7 Å². The quantitative estimate of drug-likeness (QED) is 0.837. The fourth-order valence-corrected chi connectivity index (χ4v) is 1.68. The van der Waals surface area contributed by atoms with E-state index >= 15 is 0 Å². The minimum absolute atomic E-state index is 0.0826. The highest BCUT2D eigenvalue weighted by molar-refractivity contribution is 5.94. The summed E-state index contributed by atoms with van der Waals surface area (Å²) in [6.45, 7) is 1.59. The van der Waals surface area contributed by atoms with E-state index in [9.17, 15) is 9.18 Å². The molecule has 5 nitrogen and oxygen atoms in total. The number of carbonyl (C=O) groups is 1. The Labute approximate surface area is 120 Å². The van der Waals surface area contributed by atoms with E-state index in [2.05, 4.69) is 22.3 Å². The number of aliphatic hydroxyl groups excluding tert-OH is 1. The Kier molecular flexibility index (Phi) is 4.69. The number of rotatable bonds is 3. The van der Waals surface area contributed by atoms with Crippen molar-refractivity contribution in [2.45, 2.75) is 13.5 Å². The summed E-state index contributed by atoms with van der Waals surface area (Å²) >= 11 is 0. The number of benzene rings is 1. The van der Waals surface area contributed by atoms with Gasteiger partial charge >= 0.3 is 0 Å². The van der Waals surface area contributed by atoms with Gasteiger partial charge in [-0.05, 0) is 25.1 Å². The van der Waals surface area contributed by atoms with Crippen LogP contribution in [0.25, 0.3) is 0 Å². The standard InChI is InChI=1S/C15H13FN2O3/c1-10-7-12(21-18-10)9-17-15(20)13-5-4-11(3-2-6-19)8-14(13)16/h4-5,7-8,19H,6,9H2,1H3,(H,17,20). The fraction of sp³-hybridized carbons (Fsp3) is 0.200. The first-order valence-corrected chi connectivity index (χ1v) is 6.20. The van der Waals surface area contributed by atoms with Gasteiger partial charge in [0.15, 0.2) is 5.76 Å². The highest BCUT2D eigenvalue weighted by Crippen LogP contribution is 2.10.